The largest absolute Gasteiger partial charge is 0.467 e. The number of hydrogen-bond acceptors (Lipinski definition) is 5. The van der Waals surface area contributed by atoms with Crippen molar-refractivity contribution in [1.29, 1.82) is 0 Å². The van der Waals surface area contributed by atoms with E-state index in [2.05, 4.69) is 10.3 Å². The molecule has 29 heavy (non-hydrogen) atoms. The first kappa shape index (κ1) is 17.5. The van der Waals surface area contributed by atoms with Crippen LogP contribution in [-0.4, -0.2) is 46.9 Å². The summed E-state index contributed by atoms with van der Waals surface area (Å²) in [5.41, 5.74) is 2.89. The van der Waals surface area contributed by atoms with Crippen LogP contribution in [0.15, 0.2) is 47.1 Å². The van der Waals surface area contributed by atoms with Crippen LogP contribution in [0.2, 0.25) is 0 Å². The highest BCUT2D eigenvalue weighted by atomic mass is 16.5. The number of H-pyrrole nitrogens is 1. The van der Waals surface area contributed by atoms with E-state index in [1.807, 2.05) is 24.3 Å². The minimum absolute atomic E-state index is 0.137. The predicted molar refractivity (Wildman–Crippen MR) is 102 cm³/mol. The highest BCUT2D eigenvalue weighted by molar-refractivity contribution is 5.98. The highest BCUT2D eigenvalue weighted by Crippen LogP contribution is 2.43. The molecule has 1 saturated heterocycles. The minimum atomic E-state index is -0.748. The predicted octanol–water partition coefficient (Wildman–Crippen LogP) is 1.93. The first-order valence-corrected chi connectivity index (χ1v) is 9.42. The van der Waals surface area contributed by atoms with Crippen molar-refractivity contribution in [2.75, 3.05) is 7.11 Å². The van der Waals surface area contributed by atoms with Crippen LogP contribution in [0.5, 0.6) is 0 Å². The molecule has 4 heterocycles. The summed E-state index contributed by atoms with van der Waals surface area (Å²) in [5, 5.41) is 3.77. The van der Waals surface area contributed by atoms with Gasteiger partial charge < -0.3 is 24.4 Å². The van der Waals surface area contributed by atoms with Crippen LogP contribution in [0.3, 0.4) is 0 Å². The van der Waals surface area contributed by atoms with E-state index in [4.69, 9.17) is 9.15 Å². The summed E-state index contributed by atoms with van der Waals surface area (Å²) >= 11 is 0. The van der Waals surface area contributed by atoms with Gasteiger partial charge in [0.15, 0.2) is 5.76 Å². The summed E-state index contributed by atoms with van der Waals surface area (Å²) < 4.78 is 10.1. The Morgan fingerprint density at radius 2 is 2.07 bits per heavy atom. The lowest BCUT2D eigenvalue weighted by Gasteiger charge is -2.35. The fourth-order valence-corrected chi connectivity index (χ4v) is 4.51. The smallest absolute Gasteiger partial charge is 0.328 e. The molecule has 148 valence electrons. The Morgan fingerprint density at radius 3 is 2.83 bits per heavy atom. The van der Waals surface area contributed by atoms with Crippen molar-refractivity contribution in [2.45, 2.75) is 31.0 Å². The number of para-hydroxylation sites is 1. The number of ether oxygens (including phenoxy) is 1. The molecule has 0 radical (unpaired) electrons. The van der Waals surface area contributed by atoms with E-state index in [0.717, 1.165) is 22.2 Å². The van der Waals surface area contributed by atoms with Gasteiger partial charge in [0.1, 0.15) is 12.1 Å². The average Bonchev–Trinajstić information content (AvgIpc) is 3.45. The van der Waals surface area contributed by atoms with Crippen LogP contribution in [0.1, 0.15) is 34.3 Å². The number of nitrogens with zero attached hydrogens (tertiary/aromatic N) is 1. The molecule has 5 rings (SSSR count). The molecule has 8 heteroatoms. The molecule has 2 amide bonds. The molecule has 3 atom stereocenters. The van der Waals surface area contributed by atoms with Crippen LogP contribution >= 0.6 is 0 Å². The molecular formula is C21H19N3O5. The van der Waals surface area contributed by atoms with E-state index in [1.54, 1.807) is 11.0 Å². The number of carbonyl (C=O) groups excluding carboxylic acids is 3. The van der Waals surface area contributed by atoms with Crippen LogP contribution in [0.25, 0.3) is 10.9 Å². The van der Waals surface area contributed by atoms with E-state index >= 15 is 0 Å². The van der Waals surface area contributed by atoms with Gasteiger partial charge in [-0.25, -0.2) is 4.79 Å². The summed E-state index contributed by atoms with van der Waals surface area (Å²) in [6.45, 7) is 0. The van der Waals surface area contributed by atoms with Gasteiger partial charge in [-0.15, -0.1) is 0 Å². The van der Waals surface area contributed by atoms with Crippen molar-refractivity contribution >= 4 is 28.7 Å². The maximum Gasteiger partial charge on any atom is 0.328 e. The molecule has 0 aliphatic carbocycles. The molecule has 8 nitrogen and oxygen atoms in total. The minimum Gasteiger partial charge on any atom is -0.467 e. The third-order valence-corrected chi connectivity index (χ3v) is 5.78. The average molecular weight is 393 g/mol. The maximum absolute atomic E-state index is 13.2. The molecule has 0 saturated carbocycles. The molecule has 0 spiro atoms. The number of aromatic amines is 1. The van der Waals surface area contributed by atoms with Gasteiger partial charge in [-0.05, 0) is 23.8 Å². The van der Waals surface area contributed by atoms with Gasteiger partial charge in [0, 0.05) is 29.4 Å². The van der Waals surface area contributed by atoms with Crippen LogP contribution < -0.4 is 5.32 Å². The number of fused-ring (bicyclic) bond motifs is 5. The normalized spacial score (nSPS) is 23.0. The van der Waals surface area contributed by atoms with Gasteiger partial charge in [0.25, 0.3) is 5.91 Å². The second kappa shape index (κ2) is 6.51. The lowest BCUT2D eigenvalue weighted by molar-refractivity contribution is -0.153. The Labute approximate surface area is 165 Å². The SMILES string of the molecule is COC(=O)[C@@H]1Cc2c([nH]c3ccccc23)[C@H]2C[C@@H](NC(=O)c3ccco3)C(=O)N21. The van der Waals surface area contributed by atoms with E-state index in [9.17, 15) is 14.4 Å². The van der Waals surface area contributed by atoms with Gasteiger partial charge in [-0.1, -0.05) is 18.2 Å². The van der Waals surface area contributed by atoms with Gasteiger partial charge in [0.2, 0.25) is 5.91 Å². The van der Waals surface area contributed by atoms with Crippen molar-refractivity contribution in [2.24, 2.45) is 0 Å². The lowest BCUT2D eigenvalue weighted by atomic mass is 9.92. The zero-order chi connectivity index (χ0) is 20.1. The number of aromatic nitrogens is 1. The number of furan rings is 1. The van der Waals surface area contributed by atoms with Crippen LogP contribution in [0, 0.1) is 0 Å². The fourth-order valence-electron chi connectivity index (χ4n) is 4.51. The number of nitrogens with one attached hydrogen (secondary N) is 2. The van der Waals surface area contributed by atoms with E-state index in [-0.39, 0.29) is 17.7 Å². The number of hydrogen-bond donors (Lipinski definition) is 2. The topological polar surface area (TPSA) is 105 Å². The molecule has 2 N–H and O–H groups in total. The van der Waals surface area contributed by atoms with Crippen LogP contribution in [-0.2, 0) is 20.7 Å². The number of carbonyl (C=O) groups is 3. The zero-order valence-corrected chi connectivity index (χ0v) is 15.7. The number of amides is 2. The quantitative estimate of drug-likeness (QED) is 0.662. The Morgan fingerprint density at radius 1 is 1.24 bits per heavy atom. The summed E-state index contributed by atoms with van der Waals surface area (Å²) in [7, 11) is 1.32. The number of methoxy groups -OCH3 is 1. The van der Waals surface area contributed by atoms with Crippen molar-refractivity contribution < 1.29 is 23.5 Å². The van der Waals surface area contributed by atoms with Crippen molar-refractivity contribution in [3.63, 3.8) is 0 Å². The Balaban J connectivity index is 1.53. The molecule has 1 fully saturated rings. The second-order valence-corrected chi connectivity index (χ2v) is 7.31. The Bertz CT molecular complexity index is 1120. The van der Waals surface area contributed by atoms with Gasteiger partial charge in [-0.3, -0.25) is 9.59 Å². The number of rotatable bonds is 3. The van der Waals surface area contributed by atoms with Crippen molar-refractivity contribution in [3.05, 3.63) is 59.7 Å². The molecule has 1 aromatic carbocycles. The third kappa shape index (κ3) is 2.63. The molecule has 2 aliphatic heterocycles. The monoisotopic (exact) mass is 393 g/mol. The van der Waals surface area contributed by atoms with Crippen molar-refractivity contribution in [3.8, 4) is 0 Å². The summed E-state index contributed by atoms with van der Waals surface area (Å²) in [6, 6.07) is 9.18. The van der Waals surface area contributed by atoms with Gasteiger partial charge in [0.05, 0.1) is 19.4 Å². The zero-order valence-electron chi connectivity index (χ0n) is 15.7. The summed E-state index contributed by atoms with van der Waals surface area (Å²) in [6.07, 6.45) is 2.13. The number of esters is 1. The molecule has 2 aliphatic rings. The summed E-state index contributed by atoms with van der Waals surface area (Å²) in [5.74, 6) is -1.08. The van der Waals surface area contributed by atoms with Crippen LogP contribution in [0.4, 0.5) is 0 Å². The van der Waals surface area contributed by atoms with E-state index in [0.29, 0.717) is 12.8 Å². The third-order valence-electron chi connectivity index (χ3n) is 5.78. The Hall–Kier alpha value is -3.55. The number of benzene rings is 1. The lowest BCUT2D eigenvalue weighted by Crippen LogP contribution is -2.50. The standard InChI is InChI=1S/C21H19N3O5/c1-28-21(27)16-9-12-11-5-2-3-6-13(11)22-18(12)15-10-14(20(26)24(15)16)23-19(25)17-7-4-8-29-17/h2-8,14-16,22H,9-10H2,1H3,(H,23,25)/t14-,15-,16+/m1/s1. The molecule has 2 aromatic heterocycles. The van der Waals surface area contributed by atoms with Crippen molar-refractivity contribution in [1.82, 2.24) is 15.2 Å². The first-order chi connectivity index (χ1) is 14.1. The molecule has 0 bridgehead atoms. The molecule has 3 aromatic rings. The Kier molecular flexibility index (Phi) is 3.94. The molecular weight excluding hydrogens is 374 g/mol. The van der Waals surface area contributed by atoms with Gasteiger partial charge >= 0.3 is 5.97 Å². The van der Waals surface area contributed by atoms with E-state index in [1.165, 1.54) is 19.4 Å². The fraction of sp³-hybridized carbons (Fsp3) is 0.286. The second-order valence-electron chi connectivity index (χ2n) is 7.31. The maximum atomic E-state index is 13.2. The highest BCUT2D eigenvalue weighted by Gasteiger charge is 2.51. The first-order valence-electron chi connectivity index (χ1n) is 9.42. The summed E-state index contributed by atoms with van der Waals surface area (Å²) in [4.78, 5) is 43.0. The molecule has 0 unspecified atom stereocenters. The van der Waals surface area contributed by atoms with E-state index < -0.39 is 24.0 Å². The van der Waals surface area contributed by atoms with Gasteiger partial charge in [-0.2, -0.15) is 0 Å².